The van der Waals surface area contributed by atoms with E-state index in [2.05, 4.69) is 9.98 Å². The van der Waals surface area contributed by atoms with Gasteiger partial charge in [0, 0.05) is 37.0 Å². The van der Waals surface area contributed by atoms with Crippen molar-refractivity contribution in [2.75, 3.05) is 31.3 Å². The Labute approximate surface area is 158 Å². The summed E-state index contributed by atoms with van der Waals surface area (Å²) >= 11 is 0. The van der Waals surface area contributed by atoms with Gasteiger partial charge in [-0.15, -0.1) is 0 Å². The summed E-state index contributed by atoms with van der Waals surface area (Å²) in [5, 5.41) is 18.3. The van der Waals surface area contributed by atoms with Crippen LogP contribution in [-0.2, 0) is 0 Å². The van der Waals surface area contributed by atoms with E-state index in [9.17, 15) is 19.1 Å². The number of hydrogen-bond acceptors (Lipinski definition) is 7. The molecule has 2 fully saturated rings. The van der Waals surface area contributed by atoms with Gasteiger partial charge < -0.3 is 25.4 Å². The molecule has 0 amide bonds. The number of aromatic carboxylic acids is 1. The maximum atomic E-state index is 14.9. The third kappa shape index (κ3) is 3.04. The van der Waals surface area contributed by atoms with Crippen molar-refractivity contribution in [3.63, 3.8) is 0 Å². The van der Waals surface area contributed by atoms with Crippen molar-refractivity contribution in [3.8, 4) is 0 Å². The van der Waals surface area contributed by atoms with Gasteiger partial charge in [0.15, 0.2) is 11.6 Å². The first-order valence-corrected chi connectivity index (χ1v) is 9.02. The minimum atomic E-state index is -1.35. The second-order valence-electron chi connectivity index (χ2n) is 7.08. The third-order valence-electron chi connectivity index (χ3n) is 5.23. The lowest BCUT2D eigenvalue weighted by atomic mass is 10.1. The number of aliphatic hydroxyl groups excluding tert-OH is 1. The fraction of sp³-hybridized carbons (Fsp3) is 0.444. The quantitative estimate of drug-likeness (QED) is 0.672. The number of carboxylic acids is 1. The number of halogens is 1. The second-order valence-corrected chi connectivity index (χ2v) is 7.08. The van der Waals surface area contributed by atoms with Gasteiger partial charge in [-0.3, -0.25) is 9.79 Å². The maximum Gasteiger partial charge on any atom is 0.341 e. The standard InChI is InChI=1S/C18H20FN5O4/c19-13-3-11-15(26)12(18(27)28)6-24(10-1-2-10)16(11)22-17(13)23-5-9(4-20)14(7-23)21-8-25/h3,6,9-10,25H,1-2,4-5,7-8,20H2,(H,27,28)/b21-14+. The van der Waals surface area contributed by atoms with Crippen LogP contribution in [0.25, 0.3) is 11.0 Å². The van der Waals surface area contributed by atoms with E-state index in [1.54, 1.807) is 9.47 Å². The zero-order chi connectivity index (χ0) is 20.0. The summed E-state index contributed by atoms with van der Waals surface area (Å²) in [4.78, 5) is 34.0. The molecule has 1 saturated heterocycles. The summed E-state index contributed by atoms with van der Waals surface area (Å²) in [6, 6.07) is 1.11. The van der Waals surface area contributed by atoms with Crippen LogP contribution in [0.4, 0.5) is 10.2 Å². The van der Waals surface area contributed by atoms with Gasteiger partial charge >= 0.3 is 5.97 Å². The number of fused-ring (bicyclic) bond motifs is 1. The molecule has 4 N–H and O–H groups in total. The molecule has 28 heavy (non-hydrogen) atoms. The normalized spacial score (nSPS) is 21.0. The number of pyridine rings is 2. The minimum Gasteiger partial charge on any atom is -0.477 e. The largest absolute Gasteiger partial charge is 0.477 e. The lowest BCUT2D eigenvalue weighted by molar-refractivity contribution is 0.0695. The minimum absolute atomic E-state index is 0.0492. The van der Waals surface area contributed by atoms with E-state index in [4.69, 9.17) is 10.8 Å². The molecule has 3 heterocycles. The van der Waals surface area contributed by atoms with Crippen molar-refractivity contribution in [2.24, 2.45) is 16.6 Å². The first-order chi connectivity index (χ1) is 13.4. The number of hydrogen-bond donors (Lipinski definition) is 3. The molecule has 0 radical (unpaired) electrons. The van der Waals surface area contributed by atoms with Crippen LogP contribution in [0.2, 0.25) is 0 Å². The fourth-order valence-corrected chi connectivity index (χ4v) is 3.65. The van der Waals surface area contributed by atoms with E-state index in [1.165, 1.54) is 6.20 Å². The number of carbonyl (C=O) groups is 1. The lowest BCUT2D eigenvalue weighted by Crippen LogP contribution is -2.26. The van der Waals surface area contributed by atoms with Crippen LogP contribution in [0.5, 0.6) is 0 Å². The fourth-order valence-electron chi connectivity index (χ4n) is 3.65. The molecule has 1 atom stereocenters. The zero-order valence-corrected chi connectivity index (χ0v) is 15.0. The molecule has 4 rings (SSSR count). The second kappa shape index (κ2) is 6.95. The van der Waals surface area contributed by atoms with Crippen molar-refractivity contribution < 1.29 is 19.4 Å². The third-order valence-corrected chi connectivity index (χ3v) is 5.23. The van der Waals surface area contributed by atoms with Crippen LogP contribution in [-0.4, -0.2) is 57.8 Å². The topological polar surface area (TPSA) is 134 Å². The number of anilines is 1. The van der Waals surface area contributed by atoms with E-state index in [1.807, 2.05) is 0 Å². The SMILES string of the molecule is NCC1CN(c2nc3c(cc2F)c(=O)c(C(=O)O)cn3C2CC2)C/C1=N\CO. The van der Waals surface area contributed by atoms with E-state index in [0.29, 0.717) is 18.8 Å². The van der Waals surface area contributed by atoms with Gasteiger partial charge in [-0.1, -0.05) is 0 Å². The van der Waals surface area contributed by atoms with Gasteiger partial charge in [0.25, 0.3) is 0 Å². The summed E-state index contributed by atoms with van der Waals surface area (Å²) in [6.45, 7) is 0.607. The lowest BCUT2D eigenvalue weighted by Gasteiger charge is -2.19. The Morgan fingerprint density at radius 2 is 2.18 bits per heavy atom. The highest BCUT2D eigenvalue weighted by Gasteiger charge is 2.32. The molecule has 9 nitrogen and oxygen atoms in total. The number of aliphatic imine (C=N–C) groups is 1. The summed E-state index contributed by atoms with van der Waals surface area (Å²) < 4.78 is 16.5. The van der Waals surface area contributed by atoms with Crippen molar-refractivity contribution in [3.05, 3.63) is 33.9 Å². The Kier molecular flexibility index (Phi) is 4.60. The molecular formula is C18H20FN5O4. The summed E-state index contributed by atoms with van der Waals surface area (Å²) in [7, 11) is 0. The van der Waals surface area contributed by atoms with Gasteiger partial charge in [-0.2, -0.15) is 0 Å². The van der Waals surface area contributed by atoms with Gasteiger partial charge in [0.1, 0.15) is 17.9 Å². The first kappa shape index (κ1) is 18.5. The highest BCUT2D eigenvalue weighted by molar-refractivity contribution is 5.95. The number of nitrogens with two attached hydrogens (primary N) is 1. The van der Waals surface area contributed by atoms with Crippen molar-refractivity contribution in [1.82, 2.24) is 9.55 Å². The van der Waals surface area contributed by atoms with Crippen LogP contribution in [0, 0.1) is 11.7 Å². The molecule has 0 bridgehead atoms. The number of rotatable bonds is 5. The highest BCUT2D eigenvalue weighted by Crippen LogP contribution is 2.37. The Balaban J connectivity index is 1.86. The van der Waals surface area contributed by atoms with Gasteiger partial charge in [0.05, 0.1) is 11.9 Å². The monoisotopic (exact) mass is 389 g/mol. The molecule has 0 aromatic carbocycles. The van der Waals surface area contributed by atoms with Gasteiger partial charge in [-0.25, -0.2) is 14.2 Å². The summed E-state index contributed by atoms with van der Waals surface area (Å²) in [5.74, 6) is -2.12. The predicted octanol–water partition coefficient (Wildman–Crippen LogP) is 0.354. The van der Waals surface area contributed by atoms with Crippen LogP contribution in [0.15, 0.2) is 22.1 Å². The predicted molar refractivity (Wildman–Crippen MR) is 100 cm³/mol. The first-order valence-electron chi connectivity index (χ1n) is 9.02. The number of aromatic nitrogens is 2. The number of carboxylic acid groups (broad SMARTS) is 1. The Hall–Kier alpha value is -2.85. The van der Waals surface area contributed by atoms with Crippen molar-refractivity contribution >= 4 is 28.5 Å². The van der Waals surface area contributed by atoms with E-state index in [0.717, 1.165) is 18.9 Å². The zero-order valence-electron chi connectivity index (χ0n) is 15.0. The van der Waals surface area contributed by atoms with Crippen LogP contribution < -0.4 is 16.1 Å². The average molecular weight is 389 g/mol. The Morgan fingerprint density at radius 1 is 1.43 bits per heavy atom. The molecule has 0 spiro atoms. The van der Waals surface area contributed by atoms with Crippen LogP contribution in [0.1, 0.15) is 29.2 Å². The molecule has 1 aliphatic carbocycles. The van der Waals surface area contributed by atoms with Crippen molar-refractivity contribution in [2.45, 2.75) is 18.9 Å². The highest BCUT2D eigenvalue weighted by atomic mass is 19.1. The molecule has 1 unspecified atom stereocenters. The molecule has 2 aromatic heterocycles. The van der Waals surface area contributed by atoms with Gasteiger partial charge in [-0.05, 0) is 18.9 Å². The maximum absolute atomic E-state index is 14.9. The number of aliphatic hydroxyl groups is 1. The van der Waals surface area contributed by atoms with Crippen LogP contribution >= 0.6 is 0 Å². The Bertz CT molecular complexity index is 1050. The molecule has 10 heteroatoms. The number of nitrogens with zero attached hydrogens (tertiary/aromatic N) is 4. The Morgan fingerprint density at radius 3 is 2.79 bits per heavy atom. The average Bonchev–Trinajstić information content (AvgIpc) is 3.42. The molecule has 2 aliphatic rings. The molecule has 148 valence electrons. The van der Waals surface area contributed by atoms with E-state index >= 15 is 0 Å². The molecule has 1 aliphatic heterocycles. The summed E-state index contributed by atoms with van der Waals surface area (Å²) in [5.41, 5.74) is 5.56. The summed E-state index contributed by atoms with van der Waals surface area (Å²) in [6.07, 6.45) is 2.99. The van der Waals surface area contributed by atoms with E-state index in [-0.39, 0.29) is 42.1 Å². The van der Waals surface area contributed by atoms with Crippen LogP contribution in [0.3, 0.4) is 0 Å². The smallest absolute Gasteiger partial charge is 0.341 e. The van der Waals surface area contributed by atoms with Gasteiger partial charge in [0.2, 0.25) is 5.43 Å². The van der Waals surface area contributed by atoms with Crippen molar-refractivity contribution in [1.29, 1.82) is 0 Å². The molecular weight excluding hydrogens is 369 g/mol. The molecule has 1 saturated carbocycles. The molecule has 2 aromatic rings. The van der Waals surface area contributed by atoms with E-state index < -0.39 is 22.8 Å².